The van der Waals surface area contributed by atoms with Gasteiger partial charge >= 0.3 is 0 Å². The smallest absolute Gasteiger partial charge is 0.254 e. The van der Waals surface area contributed by atoms with Crippen molar-refractivity contribution in [3.05, 3.63) is 34.6 Å². The molecule has 2 N–H and O–H groups in total. The summed E-state index contributed by atoms with van der Waals surface area (Å²) in [6.45, 7) is 5.06. The van der Waals surface area contributed by atoms with Crippen molar-refractivity contribution in [1.29, 1.82) is 0 Å². The van der Waals surface area contributed by atoms with Gasteiger partial charge in [0.25, 0.3) is 5.91 Å². The summed E-state index contributed by atoms with van der Waals surface area (Å²) >= 11 is 5.80. The molecule has 1 saturated heterocycles. The van der Waals surface area contributed by atoms with Crippen LogP contribution in [-0.4, -0.2) is 24.5 Å². The summed E-state index contributed by atoms with van der Waals surface area (Å²) in [5.74, 6) is -0.596. The number of rotatable bonds is 2. The highest BCUT2D eigenvalue weighted by molar-refractivity contribution is 6.31. The van der Waals surface area contributed by atoms with E-state index < -0.39 is 11.7 Å². The molecule has 1 fully saturated rings. The highest BCUT2D eigenvalue weighted by Gasteiger charge is 2.29. The fourth-order valence-electron chi connectivity index (χ4n) is 2.51. The largest absolute Gasteiger partial charge is 0.347 e. The maximum absolute atomic E-state index is 13.6. The Bertz CT molecular complexity index is 471. The zero-order valence-electron chi connectivity index (χ0n) is 11.0. The Balaban J connectivity index is 2.14. The van der Waals surface area contributed by atoms with Gasteiger partial charge in [0, 0.05) is 17.1 Å². The summed E-state index contributed by atoms with van der Waals surface area (Å²) in [6.07, 6.45) is 0.993. The van der Waals surface area contributed by atoms with Crippen molar-refractivity contribution >= 4 is 17.5 Å². The molecule has 0 saturated carbocycles. The summed E-state index contributed by atoms with van der Waals surface area (Å²) in [7, 11) is 0. The van der Waals surface area contributed by atoms with E-state index in [1.807, 2.05) is 6.92 Å². The van der Waals surface area contributed by atoms with Crippen LogP contribution in [-0.2, 0) is 0 Å². The molecule has 1 amide bonds. The van der Waals surface area contributed by atoms with Gasteiger partial charge in [-0.15, -0.1) is 0 Å². The van der Waals surface area contributed by atoms with E-state index in [4.69, 9.17) is 11.6 Å². The number of halogens is 2. The number of carbonyl (C=O) groups is 1. The minimum Gasteiger partial charge on any atom is -0.347 e. The summed E-state index contributed by atoms with van der Waals surface area (Å²) in [6, 6.07) is 4.18. The van der Waals surface area contributed by atoms with Crippen LogP contribution in [0.25, 0.3) is 0 Å². The van der Waals surface area contributed by atoms with Crippen molar-refractivity contribution in [2.45, 2.75) is 32.4 Å². The average Bonchev–Trinajstić information content (AvgIpc) is 2.37. The average molecular weight is 285 g/mol. The SMILES string of the molecule is CC1CCNC(C)C1NC(=O)c1cc(Cl)ccc1F. The fraction of sp³-hybridized carbons (Fsp3) is 0.500. The molecule has 1 aliphatic heterocycles. The first-order valence-electron chi connectivity index (χ1n) is 6.48. The van der Waals surface area contributed by atoms with E-state index in [2.05, 4.69) is 17.6 Å². The fourth-order valence-corrected chi connectivity index (χ4v) is 2.68. The number of carbonyl (C=O) groups excluding carboxylic acids is 1. The zero-order valence-corrected chi connectivity index (χ0v) is 11.8. The second kappa shape index (κ2) is 5.88. The lowest BCUT2D eigenvalue weighted by molar-refractivity contribution is 0.0893. The van der Waals surface area contributed by atoms with E-state index in [9.17, 15) is 9.18 Å². The van der Waals surface area contributed by atoms with Crippen molar-refractivity contribution in [2.24, 2.45) is 5.92 Å². The number of benzene rings is 1. The van der Waals surface area contributed by atoms with Gasteiger partial charge in [0.1, 0.15) is 5.82 Å². The number of amides is 1. The Labute approximate surface area is 117 Å². The molecule has 0 aromatic heterocycles. The van der Waals surface area contributed by atoms with Gasteiger partial charge in [-0.1, -0.05) is 18.5 Å². The second-order valence-corrected chi connectivity index (χ2v) is 5.57. The van der Waals surface area contributed by atoms with Crippen molar-refractivity contribution < 1.29 is 9.18 Å². The molecule has 1 aromatic rings. The Kier molecular flexibility index (Phi) is 4.42. The molecule has 1 heterocycles. The summed E-state index contributed by atoms with van der Waals surface area (Å²) in [4.78, 5) is 12.1. The van der Waals surface area contributed by atoms with E-state index in [0.29, 0.717) is 10.9 Å². The van der Waals surface area contributed by atoms with Gasteiger partial charge in [0.15, 0.2) is 0 Å². The molecule has 2 rings (SSSR count). The Morgan fingerprint density at radius 1 is 1.47 bits per heavy atom. The lowest BCUT2D eigenvalue weighted by atomic mass is 9.89. The third-order valence-corrected chi connectivity index (χ3v) is 3.92. The van der Waals surface area contributed by atoms with E-state index in [1.54, 1.807) is 0 Å². The van der Waals surface area contributed by atoms with Crippen molar-refractivity contribution in [3.8, 4) is 0 Å². The third kappa shape index (κ3) is 3.25. The molecule has 1 aliphatic rings. The number of piperidine rings is 1. The molecule has 0 spiro atoms. The lowest BCUT2D eigenvalue weighted by Crippen LogP contribution is -2.56. The molecule has 3 nitrogen and oxygen atoms in total. The molecule has 1 aromatic carbocycles. The van der Waals surface area contributed by atoms with Gasteiger partial charge in [-0.3, -0.25) is 4.79 Å². The number of nitrogens with one attached hydrogen (secondary N) is 2. The summed E-state index contributed by atoms with van der Waals surface area (Å²) < 4.78 is 13.6. The van der Waals surface area contributed by atoms with E-state index in [0.717, 1.165) is 13.0 Å². The number of hydrogen-bond donors (Lipinski definition) is 2. The van der Waals surface area contributed by atoms with Gasteiger partial charge in [-0.25, -0.2) is 4.39 Å². The molecule has 3 atom stereocenters. The molecule has 104 valence electrons. The van der Waals surface area contributed by atoms with Crippen LogP contribution in [0.5, 0.6) is 0 Å². The van der Waals surface area contributed by atoms with Gasteiger partial charge < -0.3 is 10.6 Å². The van der Waals surface area contributed by atoms with Gasteiger partial charge in [0.05, 0.1) is 5.56 Å². The predicted molar refractivity (Wildman–Crippen MR) is 73.9 cm³/mol. The molecule has 19 heavy (non-hydrogen) atoms. The van der Waals surface area contributed by atoms with E-state index in [-0.39, 0.29) is 17.6 Å². The van der Waals surface area contributed by atoms with Gasteiger partial charge in [-0.05, 0) is 44.0 Å². The second-order valence-electron chi connectivity index (χ2n) is 5.13. The molecule has 0 bridgehead atoms. The lowest BCUT2D eigenvalue weighted by Gasteiger charge is -2.36. The van der Waals surface area contributed by atoms with Crippen LogP contribution >= 0.6 is 11.6 Å². The Morgan fingerprint density at radius 3 is 2.89 bits per heavy atom. The number of hydrogen-bond acceptors (Lipinski definition) is 2. The first-order valence-corrected chi connectivity index (χ1v) is 6.86. The standard InChI is InChI=1S/C14H18ClFN2O/c1-8-5-6-17-9(2)13(8)18-14(19)11-7-10(15)3-4-12(11)16/h3-4,7-9,13,17H,5-6H2,1-2H3,(H,18,19). The maximum Gasteiger partial charge on any atom is 0.254 e. The van der Waals surface area contributed by atoms with Crippen LogP contribution < -0.4 is 10.6 Å². The normalized spacial score (nSPS) is 27.1. The minimum atomic E-state index is -0.550. The van der Waals surface area contributed by atoms with Gasteiger partial charge in [0.2, 0.25) is 0 Å². The first-order chi connectivity index (χ1) is 8.99. The zero-order chi connectivity index (χ0) is 14.0. The van der Waals surface area contributed by atoms with Crippen LogP contribution in [0.1, 0.15) is 30.6 Å². The molecule has 3 unspecified atom stereocenters. The van der Waals surface area contributed by atoms with Crippen LogP contribution in [0.15, 0.2) is 18.2 Å². The molecule has 0 aliphatic carbocycles. The van der Waals surface area contributed by atoms with Crippen LogP contribution in [0.3, 0.4) is 0 Å². The molecule has 5 heteroatoms. The summed E-state index contributed by atoms with van der Waals surface area (Å²) in [5.41, 5.74) is -0.00234. The van der Waals surface area contributed by atoms with E-state index >= 15 is 0 Å². The van der Waals surface area contributed by atoms with Crippen LogP contribution in [0.4, 0.5) is 4.39 Å². The highest BCUT2D eigenvalue weighted by Crippen LogP contribution is 2.19. The van der Waals surface area contributed by atoms with Gasteiger partial charge in [-0.2, -0.15) is 0 Å². The Morgan fingerprint density at radius 2 is 2.21 bits per heavy atom. The van der Waals surface area contributed by atoms with Crippen LogP contribution in [0, 0.1) is 11.7 Å². The highest BCUT2D eigenvalue weighted by atomic mass is 35.5. The molecular weight excluding hydrogens is 267 g/mol. The first kappa shape index (κ1) is 14.3. The van der Waals surface area contributed by atoms with Crippen LogP contribution in [0.2, 0.25) is 5.02 Å². The minimum absolute atomic E-state index is 0.000341. The van der Waals surface area contributed by atoms with Crippen molar-refractivity contribution in [3.63, 3.8) is 0 Å². The van der Waals surface area contributed by atoms with Crippen molar-refractivity contribution in [2.75, 3.05) is 6.54 Å². The maximum atomic E-state index is 13.6. The summed E-state index contributed by atoms with van der Waals surface area (Å²) in [5, 5.41) is 6.57. The molecular formula is C14H18ClFN2O. The predicted octanol–water partition coefficient (Wildman–Crippen LogP) is 2.60. The Hall–Kier alpha value is -1.13. The molecule has 0 radical (unpaired) electrons. The topological polar surface area (TPSA) is 41.1 Å². The van der Waals surface area contributed by atoms with Crippen molar-refractivity contribution in [1.82, 2.24) is 10.6 Å². The monoisotopic (exact) mass is 284 g/mol. The van der Waals surface area contributed by atoms with E-state index in [1.165, 1.54) is 18.2 Å². The quantitative estimate of drug-likeness (QED) is 0.876. The third-order valence-electron chi connectivity index (χ3n) is 3.69.